The summed E-state index contributed by atoms with van der Waals surface area (Å²) in [6.07, 6.45) is 5.64. The number of hydrogen-bond acceptors (Lipinski definition) is 2. The smallest absolute Gasteiger partial charge is 0.150 e. The Kier molecular flexibility index (Phi) is 3.60. The van der Waals surface area contributed by atoms with Crippen LogP contribution in [0.25, 0.3) is 6.08 Å². The Balaban J connectivity index is 3.18. The van der Waals surface area contributed by atoms with Gasteiger partial charge in [-0.15, -0.1) is 0 Å². The summed E-state index contributed by atoms with van der Waals surface area (Å²) >= 11 is 5.73. The molecule has 0 aliphatic heterocycles. The Morgan fingerprint density at radius 1 is 1.64 bits per heavy atom. The van der Waals surface area contributed by atoms with Gasteiger partial charge in [0, 0.05) is 11.8 Å². The maximum atomic E-state index is 10.5. The van der Waals surface area contributed by atoms with Crippen LogP contribution in [0.4, 0.5) is 0 Å². The summed E-state index contributed by atoms with van der Waals surface area (Å²) in [6.45, 7) is 5.44. The van der Waals surface area contributed by atoms with Gasteiger partial charge in [0.1, 0.15) is 11.4 Å². The lowest BCUT2D eigenvalue weighted by molar-refractivity contribution is -0.104. The quantitative estimate of drug-likeness (QED) is 0.330. The van der Waals surface area contributed by atoms with Gasteiger partial charge < -0.3 is 0 Å². The van der Waals surface area contributed by atoms with Gasteiger partial charge in [-0.05, 0) is 30.2 Å². The van der Waals surface area contributed by atoms with E-state index in [1.165, 1.54) is 6.08 Å². The normalized spacial score (nSPS) is 11.1. The summed E-state index contributed by atoms with van der Waals surface area (Å²) in [5.41, 5.74) is 2.37. The van der Waals surface area contributed by atoms with E-state index < -0.39 is 0 Å². The van der Waals surface area contributed by atoms with Gasteiger partial charge in [0.05, 0.1) is 0 Å². The summed E-state index contributed by atoms with van der Waals surface area (Å²) in [4.78, 5) is 14.5. The second-order valence-corrected chi connectivity index (χ2v) is 3.22. The van der Waals surface area contributed by atoms with Crippen LogP contribution in [0.5, 0.6) is 0 Å². The third-order valence-corrected chi connectivity index (χ3v) is 2.01. The molecule has 1 aromatic rings. The summed E-state index contributed by atoms with van der Waals surface area (Å²) in [7, 11) is 0. The lowest BCUT2D eigenvalue weighted by Gasteiger charge is -2.00. The van der Waals surface area contributed by atoms with Crippen LogP contribution in [0.3, 0.4) is 0 Å². The monoisotopic (exact) mass is 207 g/mol. The Morgan fingerprint density at radius 3 is 2.93 bits per heavy atom. The fourth-order valence-electron chi connectivity index (χ4n) is 0.989. The molecule has 0 unspecified atom stereocenters. The fraction of sp³-hybridized carbons (Fsp3) is 0.0909. The first-order valence-corrected chi connectivity index (χ1v) is 4.46. The van der Waals surface area contributed by atoms with Crippen molar-refractivity contribution in [3.8, 4) is 0 Å². The van der Waals surface area contributed by atoms with Crippen molar-refractivity contribution >= 4 is 24.0 Å². The Bertz CT molecular complexity index is 386. The Hall–Kier alpha value is -1.41. The molecule has 0 fully saturated rings. The largest absolute Gasteiger partial charge is 0.298 e. The second kappa shape index (κ2) is 4.72. The molecule has 3 heteroatoms. The number of carbonyl (C=O) groups is 1. The molecule has 2 nitrogen and oxygen atoms in total. The van der Waals surface area contributed by atoms with E-state index in [0.717, 1.165) is 17.4 Å². The molecule has 0 radical (unpaired) electrons. The predicted molar refractivity (Wildman–Crippen MR) is 58.2 cm³/mol. The lowest BCUT2D eigenvalue weighted by Crippen LogP contribution is -1.86. The molecule has 1 heterocycles. The van der Waals surface area contributed by atoms with Crippen LogP contribution in [-0.2, 0) is 4.79 Å². The van der Waals surface area contributed by atoms with Gasteiger partial charge in [-0.1, -0.05) is 24.3 Å². The van der Waals surface area contributed by atoms with Crippen LogP contribution in [0.15, 0.2) is 30.5 Å². The highest BCUT2D eigenvalue weighted by Crippen LogP contribution is 2.15. The maximum absolute atomic E-state index is 10.5. The molecular formula is C11H10ClNO. The van der Waals surface area contributed by atoms with Crippen molar-refractivity contribution in [2.24, 2.45) is 0 Å². The number of aryl methyl sites for hydroxylation is 1. The number of halogens is 1. The number of aromatic nitrogens is 1. The molecule has 0 spiro atoms. The van der Waals surface area contributed by atoms with E-state index in [9.17, 15) is 4.79 Å². The van der Waals surface area contributed by atoms with E-state index in [4.69, 9.17) is 11.6 Å². The van der Waals surface area contributed by atoms with Gasteiger partial charge in [-0.2, -0.15) is 0 Å². The van der Waals surface area contributed by atoms with Gasteiger partial charge in [0.15, 0.2) is 0 Å². The fourth-order valence-corrected chi connectivity index (χ4v) is 1.15. The van der Waals surface area contributed by atoms with Crippen LogP contribution in [0, 0.1) is 6.92 Å². The number of aldehydes is 1. The Morgan fingerprint density at radius 2 is 2.36 bits per heavy atom. The van der Waals surface area contributed by atoms with Crippen LogP contribution >= 0.6 is 11.6 Å². The van der Waals surface area contributed by atoms with Gasteiger partial charge in [-0.3, -0.25) is 4.79 Å². The number of carbonyl (C=O) groups excluding carboxylic acids is 1. The molecule has 14 heavy (non-hydrogen) atoms. The first-order valence-electron chi connectivity index (χ1n) is 4.09. The number of hydrogen-bond donors (Lipinski definition) is 0. The number of nitrogens with zero attached hydrogens (tertiary/aromatic N) is 1. The van der Waals surface area contributed by atoms with Crippen LogP contribution in [0.1, 0.15) is 11.1 Å². The molecule has 0 aliphatic rings. The van der Waals surface area contributed by atoms with Gasteiger partial charge >= 0.3 is 0 Å². The van der Waals surface area contributed by atoms with Crippen molar-refractivity contribution in [1.82, 2.24) is 4.98 Å². The highest BCUT2D eigenvalue weighted by atomic mass is 35.5. The summed E-state index contributed by atoms with van der Waals surface area (Å²) in [5, 5.41) is 0.413. The first-order chi connectivity index (χ1) is 6.67. The minimum Gasteiger partial charge on any atom is -0.298 e. The minimum absolute atomic E-state index is 0.413. The van der Waals surface area contributed by atoms with Crippen LogP contribution < -0.4 is 0 Å². The zero-order valence-electron chi connectivity index (χ0n) is 7.83. The van der Waals surface area contributed by atoms with Crippen LogP contribution in [0.2, 0.25) is 5.15 Å². The van der Waals surface area contributed by atoms with E-state index in [-0.39, 0.29) is 0 Å². The lowest BCUT2D eigenvalue weighted by atomic mass is 10.1. The Labute approximate surface area is 87.9 Å². The molecule has 0 aliphatic carbocycles. The second-order valence-electron chi connectivity index (χ2n) is 2.83. The van der Waals surface area contributed by atoms with Crippen LogP contribution in [-0.4, -0.2) is 11.3 Å². The minimum atomic E-state index is 0.413. The predicted octanol–water partition coefficient (Wildman–Crippen LogP) is 2.81. The summed E-state index contributed by atoms with van der Waals surface area (Å²) in [5.74, 6) is 0. The van der Waals surface area contributed by atoms with Crippen molar-refractivity contribution in [3.05, 3.63) is 46.8 Å². The molecule has 0 N–H and O–H groups in total. The molecule has 0 atom stereocenters. The third kappa shape index (κ3) is 2.54. The molecule has 1 aromatic heterocycles. The highest BCUT2D eigenvalue weighted by molar-refractivity contribution is 6.29. The molecule has 0 saturated heterocycles. The average Bonchev–Trinajstić information content (AvgIpc) is 2.19. The molecule has 1 rings (SSSR count). The highest BCUT2D eigenvalue weighted by Gasteiger charge is 1.98. The molecular weight excluding hydrogens is 198 g/mol. The standard InChI is InChI=1S/C11H10ClNO/c1-3-9(7-14)4-10-5-11(12)13-6-8(10)2/h3-7H,1H2,2H3/b9-4+. The topological polar surface area (TPSA) is 30.0 Å². The zero-order chi connectivity index (χ0) is 10.6. The summed E-state index contributed by atoms with van der Waals surface area (Å²) < 4.78 is 0. The van der Waals surface area contributed by atoms with Crippen molar-refractivity contribution in [3.63, 3.8) is 0 Å². The van der Waals surface area contributed by atoms with Gasteiger partial charge in [0.25, 0.3) is 0 Å². The van der Waals surface area contributed by atoms with E-state index >= 15 is 0 Å². The van der Waals surface area contributed by atoms with Gasteiger partial charge in [0.2, 0.25) is 0 Å². The van der Waals surface area contributed by atoms with E-state index in [1.54, 1.807) is 18.3 Å². The number of allylic oxidation sites excluding steroid dienone is 2. The van der Waals surface area contributed by atoms with E-state index in [2.05, 4.69) is 11.6 Å². The van der Waals surface area contributed by atoms with Crippen molar-refractivity contribution < 1.29 is 4.79 Å². The van der Waals surface area contributed by atoms with Crippen molar-refractivity contribution in [2.75, 3.05) is 0 Å². The molecule has 72 valence electrons. The van der Waals surface area contributed by atoms with Crippen molar-refractivity contribution in [1.29, 1.82) is 0 Å². The average molecular weight is 208 g/mol. The van der Waals surface area contributed by atoms with E-state index in [0.29, 0.717) is 10.7 Å². The number of rotatable bonds is 3. The SMILES string of the molecule is C=C/C(C=O)=C\c1cc(Cl)ncc1C. The molecule has 0 saturated carbocycles. The molecule has 0 aromatic carbocycles. The van der Waals surface area contributed by atoms with Gasteiger partial charge in [-0.25, -0.2) is 4.98 Å². The summed E-state index contributed by atoms with van der Waals surface area (Å²) in [6, 6.07) is 1.71. The maximum Gasteiger partial charge on any atom is 0.150 e. The van der Waals surface area contributed by atoms with E-state index in [1.807, 2.05) is 6.92 Å². The van der Waals surface area contributed by atoms with Crippen molar-refractivity contribution in [2.45, 2.75) is 6.92 Å². The number of pyridine rings is 1. The third-order valence-electron chi connectivity index (χ3n) is 1.81. The zero-order valence-corrected chi connectivity index (χ0v) is 8.58. The first kappa shape index (κ1) is 10.7. The molecule has 0 bridgehead atoms. The molecule has 0 amide bonds.